The molecule has 2 aromatic carbocycles. The van der Waals surface area contributed by atoms with E-state index in [2.05, 4.69) is 39.4 Å². The summed E-state index contributed by atoms with van der Waals surface area (Å²) in [5, 5.41) is 3.50. The molecule has 152 valence electrons. The minimum absolute atomic E-state index is 0.167. The molecule has 4 nitrogen and oxygen atoms in total. The van der Waals surface area contributed by atoms with E-state index in [1.54, 1.807) is 0 Å². The molecule has 2 saturated heterocycles. The lowest BCUT2D eigenvalue weighted by atomic mass is 9.80. The van der Waals surface area contributed by atoms with Crippen LogP contribution in [0.3, 0.4) is 0 Å². The van der Waals surface area contributed by atoms with Crippen LogP contribution in [0.2, 0.25) is 0 Å². The average molecular weight is 390 g/mol. The van der Waals surface area contributed by atoms with Crippen molar-refractivity contribution in [2.75, 3.05) is 39.3 Å². The third kappa shape index (κ3) is 3.96. The van der Waals surface area contributed by atoms with Crippen molar-refractivity contribution in [1.29, 1.82) is 0 Å². The number of rotatable bonds is 3. The number of carbonyl (C=O) groups is 1. The van der Waals surface area contributed by atoms with Gasteiger partial charge in [0.05, 0.1) is 0 Å². The van der Waals surface area contributed by atoms with E-state index in [9.17, 15) is 4.79 Å². The Morgan fingerprint density at radius 2 is 1.83 bits per heavy atom. The van der Waals surface area contributed by atoms with Crippen molar-refractivity contribution in [1.82, 2.24) is 15.1 Å². The number of amides is 1. The molecule has 1 N–H and O–H groups in total. The Morgan fingerprint density at radius 1 is 1.03 bits per heavy atom. The van der Waals surface area contributed by atoms with Gasteiger partial charge in [-0.1, -0.05) is 42.5 Å². The summed E-state index contributed by atoms with van der Waals surface area (Å²) in [6.45, 7) is 7.36. The smallest absolute Gasteiger partial charge is 0.254 e. The van der Waals surface area contributed by atoms with Gasteiger partial charge in [0, 0.05) is 37.2 Å². The molecule has 29 heavy (non-hydrogen) atoms. The largest absolute Gasteiger partial charge is 0.334 e. The quantitative estimate of drug-likeness (QED) is 0.876. The summed E-state index contributed by atoms with van der Waals surface area (Å²) in [6, 6.07) is 18.5. The minimum Gasteiger partial charge on any atom is -0.334 e. The van der Waals surface area contributed by atoms with Crippen molar-refractivity contribution in [2.45, 2.75) is 25.8 Å². The van der Waals surface area contributed by atoms with Gasteiger partial charge in [-0.05, 0) is 68.1 Å². The standard InChI is InChI=1S/C25H31N3O/c29-24(21-6-2-1-3-7-21)28-17-23-9-5-4-8-22(23)14-25(19-28)11-13-27(18-25)16-20-10-12-26-15-20/h1-9,20,26H,10-19H2. The Balaban J connectivity index is 1.40. The number of fused-ring (bicyclic) bond motifs is 1. The summed E-state index contributed by atoms with van der Waals surface area (Å²) >= 11 is 0. The molecule has 2 atom stereocenters. The molecule has 0 saturated carbocycles. The van der Waals surface area contributed by atoms with Gasteiger partial charge in [-0.25, -0.2) is 0 Å². The van der Waals surface area contributed by atoms with Crippen LogP contribution in [0.5, 0.6) is 0 Å². The van der Waals surface area contributed by atoms with Gasteiger partial charge in [0.25, 0.3) is 5.91 Å². The lowest BCUT2D eigenvalue weighted by Crippen LogP contribution is -2.42. The first-order valence-corrected chi connectivity index (χ1v) is 11.1. The van der Waals surface area contributed by atoms with E-state index in [1.807, 2.05) is 30.3 Å². The summed E-state index contributed by atoms with van der Waals surface area (Å²) in [5.41, 5.74) is 3.71. The number of benzene rings is 2. The molecule has 5 rings (SSSR count). The van der Waals surface area contributed by atoms with Crippen LogP contribution in [0, 0.1) is 11.3 Å². The van der Waals surface area contributed by atoms with Gasteiger partial charge in [-0.15, -0.1) is 0 Å². The second-order valence-corrected chi connectivity index (χ2v) is 9.32. The van der Waals surface area contributed by atoms with Gasteiger partial charge in [0.15, 0.2) is 0 Å². The molecule has 4 heteroatoms. The fourth-order valence-electron chi connectivity index (χ4n) is 5.61. The van der Waals surface area contributed by atoms with Crippen LogP contribution in [0.15, 0.2) is 54.6 Å². The second-order valence-electron chi connectivity index (χ2n) is 9.32. The van der Waals surface area contributed by atoms with Crippen molar-refractivity contribution in [2.24, 2.45) is 11.3 Å². The number of likely N-dealkylation sites (tertiary alicyclic amines) is 1. The number of carbonyl (C=O) groups excluding carboxylic acids is 1. The highest BCUT2D eigenvalue weighted by molar-refractivity contribution is 5.94. The Kier molecular flexibility index (Phi) is 5.15. The monoisotopic (exact) mass is 389 g/mol. The third-order valence-electron chi connectivity index (χ3n) is 7.08. The van der Waals surface area contributed by atoms with Gasteiger partial charge < -0.3 is 15.1 Å². The van der Waals surface area contributed by atoms with Crippen LogP contribution in [0.25, 0.3) is 0 Å². The average Bonchev–Trinajstić information content (AvgIpc) is 3.36. The van der Waals surface area contributed by atoms with Crippen LogP contribution < -0.4 is 5.32 Å². The van der Waals surface area contributed by atoms with Crippen molar-refractivity contribution in [3.8, 4) is 0 Å². The van der Waals surface area contributed by atoms with E-state index >= 15 is 0 Å². The fourth-order valence-corrected chi connectivity index (χ4v) is 5.61. The predicted molar refractivity (Wildman–Crippen MR) is 116 cm³/mol. The summed E-state index contributed by atoms with van der Waals surface area (Å²) in [7, 11) is 0. The molecule has 3 aliphatic rings. The number of hydrogen-bond donors (Lipinski definition) is 1. The van der Waals surface area contributed by atoms with Crippen LogP contribution >= 0.6 is 0 Å². The lowest BCUT2D eigenvalue weighted by Gasteiger charge is -2.33. The Bertz CT molecular complexity index is 861. The Labute approximate surface area is 173 Å². The highest BCUT2D eigenvalue weighted by Gasteiger charge is 2.43. The summed E-state index contributed by atoms with van der Waals surface area (Å²) in [5.74, 6) is 0.949. The minimum atomic E-state index is 0.167. The second kappa shape index (κ2) is 7.92. The van der Waals surface area contributed by atoms with E-state index in [1.165, 1.54) is 30.5 Å². The van der Waals surface area contributed by atoms with Gasteiger partial charge in [-0.3, -0.25) is 4.79 Å². The summed E-state index contributed by atoms with van der Waals surface area (Å²) < 4.78 is 0. The molecule has 0 bridgehead atoms. The van der Waals surface area contributed by atoms with Crippen molar-refractivity contribution in [3.63, 3.8) is 0 Å². The summed E-state index contributed by atoms with van der Waals surface area (Å²) in [4.78, 5) is 18.1. The lowest BCUT2D eigenvalue weighted by molar-refractivity contribution is 0.0655. The number of nitrogens with one attached hydrogen (secondary N) is 1. The first-order chi connectivity index (χ1) is 14.2. The maximum absolute atomic E-state index is 13.4. The highest BCUT2D eigenvalue weighted by Crippen LogP contribution is 2.39. The number of hydrogen-bond acceptors (Lipinski definition) is 3. The van der Waals surface area contributed by atoms with Crippen molar-refractivity contribution < 1.29 is 4.79 Å². The SMILES string of the molecule is O=C(c1ccccc1)N1Cc2ccccc2CC2(CCN(CC3CCNC3)C2)C1. The zero-order valence-corrected chi connectivity index (χ0v) is 17.1. The fraction of sp³-hybridized carbons (Fsp3) is 0.480. The van der Waals surface area contributed by atoms with Gasteiger partial charge in [-0.2, -0.15) is 0 Å². The molecular weight excluding hydrogens is 358 g/mol. The van der Waals surface area contributed by atoms with E-state index < -0.39 is 0 Å². The normalized spacial score (nSPS) is 27.2. The molecule has 0 aliphatic carbocycles. The molecule has 0 radical (unpaired) electrons. The van der Waals surface area contributed by atoms with E-state index in [0.717, 1.165) is 57.2 Å². The van der Waals surface area contributed by atoms with Crippen LogP contribution in [0.4, 0.5) is 0 Å². The van der Waals surface area contributed by atoms with E-state index in [0.29, 0.717) is 0 Å². The highest BCUT2D eigenvalue weighted by atomic mass is 16.2. The first-order valence-electron chi connectivity index (χ1n) is 11.1. The van der Waals surface area contributed by atoms with Crippen molar-refractivity contribution in [3.05, 3.63) is 71.3 Å². The Morgan fingerprint density at radius 3 is 2.62 bits per heavy atom. The van der Waals surface area contributed by atoms with E-state index in [4.69, 9.17) is 0 Å². The zero-order chi connectivity index (χ0) is 19.7. The maximum atomic E-state index is 13.4. The number of nitrogens with zero attached hydrogens (tertiary/aromatic N) is 2. The Hall–Kier alpha value is -2.17. The first kappa shape index (κ1) is 18.8. The third-order valence-corrected chi connectivity index (χ3v) is 7.08. The maximum Gasteiger partial charge on any atom is 0.254 e. The molecule has 1 spiro atoms. The molecule has 2 aromatic rings. The van der Waals surface area contributed by atoms with Crippen LogP contribution in [-0.2, 0) is 13.0 Å². The zero-order valence-electron chi connectivity index (χ0n) is 17.1. The molecule has 0 aromatic heterocycles. The molecule has 2 unspecified atom stereocenters. The molecular formula is C25H31N3O. The van der Waals surface area contributed by atoms with Gasteiger partial charge >= 0.3 is 0 Å². The predicted octanol–water partition coefficient (Wildman–Crippen LogP) is 3.19. The van der Waals surface area contributed by atoms with Gasteiger partial charge in [0.1, 0.15) is 0 Å². The molecule has 2 fully saturated rings. The topological polar surface area (TPSA) is 35.6 Å². The van der Waals surface area contributed by atoms with Crippen LogP contribution in [-0.4, -0.2) is 55.0 Å². The van der Waals surface area contributed by atoms with Gasteiger partial charge in [0.2, 0.25) is 0 Å². The van der Waals surface area contributed by atoms with E-state index in [-0.39, 0.29) is 11.3 Å². The van der Waals surface area contributed by atoms with Crippen LogP contribution in [0.1, 0.15) is 34.3 Å². The van der Waals surface area contributed by atoms with Crippen molar-refractivity contribution >= 4 is 5.91 Å². The molecule has 3 aliphatic heterocycles. The molecule has 1 amide bonds. The summed E-state index contributed by atoms with van der Waals surface area (Å²) in [6.07, 6.45) is 3.56. The molecule has 3 heterocycles.